The number of aromatic nitrogens is 2. The molecule has 3 aromatic rings. The number of hydrogen-bond acceptors (Lipinski definition) is 3. The molecule has 0 aliphatic carbocycles. The Morgan fingerprint density at radius 2 is 1.89 bits per heavy atom. The lowest BCUT2D eigenvalue weighted by atomic mass is 9.91. The molecule has 1 aliphatic heterocycles. The second-order valence-corrected chi connectivity index (χ2v) is 7.24. The van der Waals surface area contributed by atoms with Crippen molar-refractivity contribution in [3.63, 3.8) is 0 Å². The molecule has 5 nitrogen and oxygen atoms in total. The number of methoxy groups -OCH3 is 1. The van der Waals surface area contributed by atoms with E-state index >= 15 is 0 Å². The highest BCUT2D eigenvalue weighted by atomic mass is 16.5. The molecular weight excluding hydrogens is 350 g/mol. The van der Waals surface area contributed by atoms with Gasteiger partial charge in [-0.2, -0.15) is 5.10 Å². The van der Waals surface area contributed by atoms with Crippen LogP contribution >= 0.6 is 0 Å². The van der Waals surface area contributed by atoms with E-state index in [1.165, 1.54) is 5.56 Å². The Morgan fingerprint density at radius 3 is 2.64 bits per heavy atom. The normalized spacial score (nSPS) is 14.8. The summed E-state index contributed by atoms with van der Waals surface area (Å²) in [6.07, 6.45) is 6.46. The van der Waals surface area contributed by atoms with Gasteiger partial charge < -0.3 is 9.64 Å². The molecule has 5 heteroatoms. The fourth-order valence-electron chi connectivity index (χ4n) is 3.80. The van der Waals surface area contributed by atoms with Crippen molar-refractivity contribution in [3.8, 4) is 11.4 Å². The Labute approximate surface area is 165 Å². The summed E-state index contributed by atoms with van der Waals surface area (Å²) in [5.74, 6) is 1.43. The lowest BCUT2D eigenvalue weighted by Gasteiger charge is -2.31. The number of nitrogens with zero attached hydrogens (tertiary/aromatic N) is 3. The molecule has 2 aromatic carbocycles. The zero-order chi connectivity index (χ0) is 19.3. The van der Waals surface area contributed by atoms with Crippen LogP contribution in [0.25, 0.3) is 5.69 Å². The number of likely N-dealkylation sites (tertiary alicyclic amines) is 1. The number of rotatable bonds is 5. The maximum absolute atomic E-state index is 12.7. The second kappa shape index (κ2) is 8.30. The van der Waals surface area contributed by atoms with Crippen LogP contribution < -0.4 is 4.74 Å². The third-order valence-corrected chi connectivity index (χ3v) is 5.43. The molecule has 0 unspecified atom stereocenters. The van der Waals surface area contributed by atoms with Gasteiger partial charge in [0, 0.05) is 19.3 Å². The molecule has 0 bridgehead atoms. The third-order valence-electron chi connectivity index (χ3n) is 5.43. The van der Waals surface area contributed by atoms with Crippen LogP contribution in [0.15, 0.2) is 67.0 Å². The van der Waals surface area contributed by atoms with E-state index in [0.29, 0.717) is 12.3 Å². The molecule has 1 fully saturated rings. The van der Waals surface area contributed by atoms with Gasteiger partial charge in [-0.05, 0) is 54.2 Å². The van der Waals surface area contributed by atoms with Gasteiger partial charge in [-0.25, -0.2) is 4.68 Å². The van der Waals surface area contributed by atoms with Crippen molar-refractivity contribution in [1.29, 1.82) is 0 Å². The highest BCUT2D eigenvalue weighted by molar-refractivity contribution is 5.79. The van der Waals surface area contributed by atoms with E-state index in [4.69, 9.17) is 4.74 Å². The molecule has 4 rings (SSSR count). The largest absolute Gasteiger partial charge is 0.497 e. The predicted octanol–water partition coefficient (Wildman–Crippen LogP) is 3.83. The number of hydrogen-bond donors (Lipinski definition) is 0. The zero-order valence-electron chi connectivity index (χ0n) is 16.1. The lowest BCUT2D eigenvalue weighted by molar-refractivity contribution is -0.131. The van der Waals surface area contributed by atoms with Crippen molar-refractivity contribution >= 4 is 5.91 Å². The minimum Gasteiger partial charge on any atom is -0.497 e. The fourth-order valence-corrected chi connectivity index (χ4v) is 3.80. The smallest absolute Gasteiger partial charge is 0.226 e. The van der Waals surface area contributed by atoms with Crippen LogP contribution in [-0.2, 0) is 11.2 Å². The van der Waals surface area contributed by atoms with Crippen molar-refractivity contribution in [2.45, 2.75) is 25.2 Å². The molecule has 0 atom stereocenters. The van der Waals surface area contributed by atoms with E-state index in [1.807, 2.05) is 58.2 Å². The zero-order valence-corrected chi connectivity index (χ0v) is 16.1. The summed E-state index contributed by atoms with van der Waals surface area (Å²) in [6, 6.07) is 17.9. The maximum atomic E-state index is 12.7. The van der Waals surface area contributed by atoms with E-state index in [0.717, 1.165) is 42.9 Å². The van der Waals surface area contributed by atoms with Gasteiger partial charge >= 0.3 is 0 Å². The van der Waals surface area contributed by atoms with Gasteiger partial charge in [-0.3, -0.25) is 4.79 Å². The summed E-state index contributed by atoms with van der Waals surface area (Å²) < 4.78 is 7.17. The first-order valence-corrected chi connectivity index (χ1v) is 9.73. The summed E-state index contributed by atoms with van der Waals surface area (Å²) >= 11 is 0. The predicted molar refractivity (Wildman–Crippen MR) is 109 cm³/mol. The molecule has 144 valence electrons. The van der Waals surface area contributed by atoms with Gasteiger partial charge in [0.2, 0.25) is 5.91 Å². The molecule has 0 N–H and O–H groups in total. The first-order chi connectivity index (χ1) is 13.7. The minimum atomic E-state index is 0.187. The first kappa shape index (κ1) is 18.3. The number of carbonyl (C=O) groups is 1. The van der Waals surface area contributed by atoms with E-state index in [2.05, 4.69) is 23.4 Å². The number of para-hydroxylation sites is 1. The Bertz CT molecular complexity index is 928. The Kier molecular flexibility index (Phi) is 5.42. The highest BCUT2D eigenvalue weighted by Crippen LogP contribution is 2.28. The van der Waals surface area contributed by atoms with Gasteiger partial charge in [-0.1, -0.05) is 30.3 Å². The second-order valence-electron chi connectivity index (χ2n) is 7.24. The van der Waals surface area contributed by atoms with Gasteiger partial charge in [0.15, 0.2) is 0 Å². The van der Waals surface area contributed by atoms with E-state index in [1.54, 1.807) is 7.11 Å². The minimum absolute atomic E-state index is 0.187. The maximum Gasteiger partial charge on any atom is 0.226 e. The van der Waals surface area contributed by atoms with Crippen LogP contribution in [0, 0.1) is 0 Å². The SMILES string of the molecule is COc1cccc(CC(=O)N2CCC(c3cnn(-c4ccccc4)c3)CC2)c1. The number of ether oxygens (including phenoxy) is 1. The van der Waals surface area contributed by atoms with Gasteiger partial charge in [0.05, 0.1) is 25.4 Å². The molecule has 1 aliphatic rings. The summed E-state index contributed by atoms with van der Waals surface area (Å²) in [5, 5.41) is 4.51. The van der Waals surface area contributed by atoms with Crippen molar-refractivity contribution < 1.29 is 9.53 Å². The van der Waals surface area contributed by atoms with Gasteiger partial charge in [0.25, 0.3) is 0 Å². The molecule has 1 aromatic heterocycles. The Morgan fingerprint density at radius 1 is 1.11 bits per heavy atom. The van der Waals surface area contributed by atoms with E-state index in [9.17, 15) is 4.79 Å². The van der Waals surface area contributed by atoms with E-state index < -0.39 is 0 Å². The number of benzene rings is 2. The standard InChI is InChI=1S/C23H25N3O2/c1-28-22-9-5-6-18(14-22)15-23(27)25-12-10-19(11-13-25)20-16-24-26(17-20)21-7-3-2-4-8-21/h2-9,14,16-17,19H,10-13,15H2,1H3. The quantitative estimate of drug-likeness (QED) is 0.681. The van der Waals surface area contributed by atoms with Crippen molar-refractivity contribution in [2.24, 2.45) is 0 Å². The summed E-state index contributed by atoms with van der Waals surface area (Å²) in [4.78, 5) is 14.7. The molecular formula is C23H25N3O2. The monoisotopic (exact) mass is 375 g/mol. The van der Waals surface area contributed by atoms with Crippen LogP contribution in [0.1, 0.15) is 29.9 Å². The summed E-state index contributed by atoms with van der Waals surface area (Å²) in [6.45, 7) is 1.59. The topological polar surface area (TPSA) is 47.4 Å². The van der Waals surface area contributed by atoms with Gasteiger partial charge in [-0.15, -0.1) is 0 Å². The molecule has 0 radical (unpaired) electrons. The van der Waals surface area contributed by atoms with Crippen molar-refractivity contribution in [2.75, 3.05) is 20.2 Å². The Balaban J connectivity index is 1.34. The number of amides is 1. The van der Waals surface area contributed by atoms with Crippen LogP contribution in [0.2, 0.25) is 0 Å². The average molecular weight is 375 g/mol. The average Bonchev–Trinajstić information content (AvgIpc) is 3.25. The van der Waals surface area contributed by atoms with Crippen LogP contribution in [-0.4, -0.2) is 40.8 Å². The number of carbonyl (C=O) groups excluding carboxylic acids is 1. The fraction of sp³-hybridized carbons (Fsp3) is 0.304. The lowest BCUT2D eigenvalue weighted by Crippen LogP contribution is -2.38. The Hall–Kier alpha value is -3.08. The summed E-state index contributed by atoms with van der Waals surface area (Å²) in [5.41, 5.74) is 3.32. The van der Waals surface area contributed by atoms with Crippen LogP contribution in [0.4, 0.5) is 0 Å². The van der Waals surface area contributed by atoms with Crippen molar-refractivity contribution in [3.05, 3.63) is 78.1 Å². The molecule has 1 saturated heterocycles. The molecule has 28 heavy (non-hydrogen) atoms. The molecule has 0 spiro atoms. The molecule has 1 amide bonds. The third kappa shape index (κ3) is 4.09. The van der Waals surface area contributed by atoms with E-state index in [-0.39, 0.29) is 5.91 Å². The first-order valence-electron chi connectivity index (χ1n) is 9.73. The summed E-state index contributed by atoms with van der Waals surface area (Å²) in [7, 11) is 1.64. The van der Waals surface area contributed by atoms with Crippen molar-refractivity contribution in [1.82, 2.24) is 14.7 Å². The molecule has 2 heterocycles. The highest BCUT2D eigenvalue weighted by Gasteiger charge is 2.24. The number of piperidine rings is 1. The van der Waals surface area contributed by atoms with Crippen LogP contribution in [0.3, 0.4) is 0 Å². The molecule has 0 saturated carbocycles. The van der Waals surface area contributed by atoms with Gasteiger partial charge in [0.1, 0.15) is 5.75 Å². The van der Waals surface area contributed by atoms with Crippen LogP contribution in [0.5, 0.6) is 5.75 Å².